The Balaban J connectivity index is 1.60. The fraction of sp³-hybridized carbons (Fsp3) is 0.143. The average molecular weight is 478 g/mol. The molecule has 5 aromatic heterocycles. The van der Waals surface area contributed by atoms with E-state index in [2.05, 4.69) is 39.8 Å². The lowest BCUT2D eigenvalue weighted by Gasteiger charge is -2.09. The number of pyridine rings is 3. The van der Waals surface area contributed by atoms with Crippen LogP contribution in [-0.2, 0) is 10.0 Å². The standard InChI is InChI=1S/C21H19N9O3S/c1-30(2)21(31)14-4-5-23-19-16(14)25-20(26-19)17-15-7-12(9-24-18(15)28-27-17)11-6-13(10-22-8-11)29-34(3,32)33/h4-10,29H,1-3H3,(H,23,25,26)(H,24,27,28). The van der Waals surface area contributed by atoms with Gasteiger partial charge in [-0.25, -0.2) is 23.4 Å². The molecule has 5 rings (SSSR count). The lowest BCUT2D eigenvalue weighted by Crippen LogP contribution is -2.22. The van der Waals surface area contributed by atoms with Crippen molar-refractivity contribution >= 4 is 43.8 Å². The van der Waals surface area contributed by atoms with E-state index in [1.165, 1.54) is 11.1 Å². The van der Waals surface area contributed by atoms with Crippen molar-refractivity contribution in [2.45, 2.75) is 0 Å². The van der Waals surface area contributed by atoms with Gasteiger partial charge in [0.25, 0.3) is 5.91 Å². The Morgan fingerprint density at radius 2 is 1.85 bits per heavy atom. The van der Waals surface area contributed by atoms with Gasteiger partial charge in [-0.3, -0.25) is 19.6 Å². The second-order valence-corrected chi connectivity index (χ2v) is 9.62. The minimum atomic E-state index is -3.44. The quantitative estimate of drug-likeness (QED) is 0.346. The third-order valence-corrected chi connectivity index (χ3v) is 5.66. The molecule has 0 bridgehead atoms. The molecule has 12 nitrogen and oxygen atoms in total. The molecule has 5 aromatic rings. The topological polar surface area (TPSA) is 163 Å². The molecule has 3 N–H and O–H groups in total. The van der Waals surface area contributed by atoms with E-state index in [0.29, 0.717) is 56.1 Å². The van der Waals surface area contributed by atoms with E-state index >= 15 is 0 Å². The Hall–Kier alpha value is -4.39. The number of fused-ring (bicyclic) bond motifs is 2. The van der Waals surface area contributed by atoms with Gasteiger partial charge in [-0.15, -0.1) is 0 Å². The lowest BCUT2D eigenvalue weighted by molar-refractivity contribution is 0.0829. The van der Waals surface area contributed by atoms with E-state index in [4.69, 9.17) is 0 Å². The van der Waals surface area contributed by atoms with Crippen LogP contribution in [0.1, 0.15) is 10.4 Å². The zero-order chi connectivity index (χ0) is 24.0. The van der Waals surface area contributed by atoms with Crippen LogP contribution >= 0.6 is 0 Å². The Morgan fingerprint density at radius 1 is 1.06 bits per heavy atom. The van der Waals surface area contributed by atoms with Crippen molar-refractivity contribution in [2.24, 2.45) is 0 Å². The van der Waals surface area contributed by atoms with E-state index in [1.807, 2.05) is 6.07 Å². The van der Waals surface area contributed by atoms with Crippen LogP contribution in [0.15, 0.2) is 43.0 Å². The monoisotopic (exact) mass is 477 g/mol. The molecular formula is C21H19N9O3S. The van der Waals surface area contributed by atoms with Gasteiger partial charge in [-0.1, -0.05) is 0 Å². The predicted molar refractivity (Wildman–Crippen MR) is 126 cm³/mol. The SMILES string of the molecule is CN(C)C(=O)c1ccnc2nc(-c3[nH]nc4ncc(-c5cncc(NS(C)(=O)=O)c5)cc34)[nH]c12. The molecule has 0 fully saturated rings. The molecule has 0 atom stereocenters. The summed E-state index contributed by atoms with van der Waals surface area (Å²) in [6.45, 7) is 0. The first kappa shape index (κ1) is 21.5. The van der Waals surface area contributed by atoms with Crippen LogP contribution in [-0.4, -0.2) is 74.7 Å². The number of carbonyl (C=O) groups is 1. The van der Waals surface area contributed by atoms with E-state index in [1.54, 1.807) is 44.8 Å². The lowest BCUT2D eigenvalue weighted by atomic mass is 10.1. The molecule has 13 heteroatoms. The summed E-state index contributed by atoms with van der Waals surface area (Å²) in [6.07, 6.45) is 7.28. The maximum absolute atomic E-state index is 12.6. The molecule has 0 aliphatic carbocycles. The zero-order valence-electron chi connectivity index (χ0n) is 18.4. The van der Waals surface area contributed by atoms with Gasteiger partial charge in [0, 0.05) is 43.8 Å². The smallest absolute Gasteiger partial charge is 0.255 e. The zero-order valence-corrected chi connectivity index (χ0v) is 19.2. The van der Waals surface area contributed by atoms with Crippen molar-refractivity contribution in [3.63, 3.8) is 0 Å². The van der Waals surface area contributed by atoms with Crippen molar-refractivity contribution in [3.05, 3.63) is 48.5 Å². The Kier molecular flexibility index (Phi) is 4.97. The van der Waals surface area contributed by atoms with Crippen LogP contribution < -0.4 is 4.72 Å². The summed E-state index contributed by atoms with van der Waals surface area (Å²) in [7, 11) is -0.0838. The first-order chi connectivity index (χ1) is 16.2. The Morgan fingerprint density at radius 3 is 2.62 bits per heavy atom. The van der Waals surface area contributed by atoms with Crippen LogP contribution in [0.3, 0.4) is 0 Å². The fourth-order valence-electron chi connectivity index (χ4n) is 3.55. The summed E-state index contributed by atoms with van der Waals surface area (Å²) in [5.41, 5.74) is 4.13. The van der Waals surface area contributed by atoms with Crippen molar-refractivity contribution in [2.75, 3.05) is 25.1 Å². The van der Waals surface area contributed by atoms with Crippen molar-refractivity contribution in [1.82, 2.24) is 40.0 Å². The number of anilines is 1. The van der Waals surface area contributed by atoms with E-state index in [9.17, 15) is 13.2 Å². The number of imidazole rings is 1. The average Bonchev–Trinajstić information content (AvgIpc) is 3.40. The number of nitrogens with one attached hydrogen (secondary N) is 3. The van der Waals surface area contributed by atoms with Gasteiger partial charge in [-0.05, 0) is 18.2 Å². The van der Waals surface area contributed by atoms with Crippen LogP contribution in [0.5, 0.6) is 0 Å². The summed E-state index contributed by atoms with van der Waals surface area (Å²) in [4.78, 5) is 34.6. The molecule has 0 radical (unpaired) electrons. The number of amides is 1. The Labute approximate surface area is 193 Å². The summed E-state index contributed by atoms with van der Waals surface area (Å²) >= 11 is 0. The number of rotatable bonds is 5. The summed E-state index contributed by atoms with van der Waals surface area (Å²) < 4.78 is 25.5. The van der Waals surface area contributed by atoms with E-state index in [-0.39, 0.29) is 5.91 Å². The highest BCUT2D eigenvalue weighted by Crippen LogP contribution is 2.30. The maximum atomic E-state index is 12.6. The summed E-state index contributed by atoms with van der Waals surface area (Å²) in [6, 6.07) is 5.16. The molecule has 0 aliphatic heterocycles. The maximum Gasteiger partial charge on any atom is 0.255 e. The van der Waals surface area contributed by atoms with Crippen LogP contribution in [0.4, 0.5) is 5.69 Å². The molecule has 1 amide bonds. The molecule has 0 saturated carbocycles. The fourth-order valence-corrected chi connectivity index (χ4v) is 4.09. The number of H-pyrrole nitrogens is 2. The predicted octanol–water partition coefficient (Wildman–Crippen LogP) is 2.03. The molecule has 0 saturated heterocycles. The molecule has 5 heterocycles. The minimum Gasteiger partial charge on any atom is -0.345 e. The van der Waals surface area contributed by atoms with Gasteiger partial charge in [0.2, 0.25) is 10.0 Å². The highest BCUT2D eigenvalue weighted by atomic mass is 32.2. The van der Waals surface area contributed by atoms with Gasteiger partial charge in [0.05, 0.1) is 34.6 Å². The number of aromatic nitrogens is 7. The number of sulfonamides is 1. The van der Waals surface area contributed by atoms with Gasteiger partial charge < -0.3 is 9.88 Å². The number of carbonyl (C=O) groups excluding carboxylic acids is 1. The molecule has 34 heavy (non-hydrogen) atoms. The molecule has 172 valence electrons. The number of hydrogen-bond donors (Lipinski definition) is 3. The molecule has 0 aromatic carbocycles. The van der Waals surface area contributed by atoms with E-state index < -0.39 is 10.0 Å². The first-order valence-corrected chi connectivity index (χ1v) is 11.9. The van der Waals surface area contributed by atoms with Gasteiger partial charge >= 0.3 is 0 Å². The van der Waals surface area contributed by atoms with Crippen LogP contribution in [0, 0.1) is 0 Å². The highest BCUT2D eigenvalue weighted by Gasteiger charge is 2.19. The minimum absolute atomic E-state index is 0.170. The molecular weight excluding hydrogens is 458 g/mol. The third kappa shape index (κ3) is 3.92. The van der Waals surface area contributed by atoms with Gasteiger partial charge in [-0.2, -0.15) is 5.10 Å². The van der Waals surface area contributed by atoms with Crippen LogP contribution in [0.25, 0.3) is 44.8 Å². The number of nitrogens with zero attached hydrogens (tertiary/aromatic N) is 6. The second kappa shape index (κ2) is 7.88. The van der Waals surface area contributed by atoms with Gasteiger partial charge in [0.15, 0.2) is 17.1 Å². The summed E-state index contributed by atoms with van der Waals surface area (Å²) in [5.74, 6) is 0.282. The Bertz CT molecular complexity index is 1670. The normalized spacial score (nSPS) is 11.7. The largest absolute Gasteiger partial charge is 0.345 e. The third-order valence-electron chi connectivity index (χ3n) is 5.05. The second-order valence-electron chi connectivity index (χ2n) is 7.87. The van der Waals surface area contributed by atoms with E-state index in [0.717, 1.165) is 6.26 Å². The first-order valence-electron chi connectivity index (χ1n) is 10.0. The van der Waals surface area contributed by atoms with Crippen molar-refractivity contribution in [1.29, 1.82) is 0 Å². The molecule has 0 unspecified atom stereocenters. The van der Waals surface area contributed by atoms with Crippen molar-refractivity contribution in [3.8, 4) is 22.6 Å². The molecule has 0 spiro atoms. The number of aromatic amines is 2. The summed E-state index contributed by atoms with van der Waals surface area (Å²) in [5, 5.41) is 7.88. The van der Waals surface area contributed by atoms with Gasteiger partial charge in [0.1, 0.15) is 5.69 Å². The van der Waals surface area contributed by atoms with Crippen molar-refractivity contribution < 1.29 is 13.2 Å². The highest BCUT2D eigenvalue weighted by molar-refractivity contribution is 7.92. The molecule has 0 aliphatic rings. The number of hydrogen-bond acceptors (Lipinski definition) is 8. The van der Waals surface area contributed by atoms with Crippen LogP contribution in [0.2, 0.25) is 0 Å².